The van der Waals surface area contributed by atoms with Gasteiger partial charge in [0, 0.05) is 25.4 Å². The van der Waals surface area contributed by atoms with E-state index in [9.17, 15) is 0 Å². The number of rotatable bonds is 4. The molecule has 0 unspecified atom stereocenters. The molecule has 0 atom stereocenters. The van der Waals surface area contributed by atoms with E-state index in [1.54, 1.807) is 0 Å². The van der Waals surface area contributed by atoms with Crippen LogP contribution in [0.4, 0.5) is 5.95 Å². The lowest BCUT2D eigenvalue weighted by molar-refractivity contribution is 0.376. The van der Waals surface area contributed by atoms with Gasteiger partial charge in [-0.05, 0) is 24.4 Å². The molecule has 0 bridgehead atoms. The van der Waals surface area contributed by atoms with Crippen molar-refractivity contribution in [1.29, 1.82) is 0 Å². The molecule has 1 fully saturated rings. The second kappa shape index (κ2) is 6.09. The van der Waals surface area contributed by atoms with Gasteiger partial charge in [-0.3, -0.25) is 0 Å². The number of aromatic nitrogens is 2. The predicted octanol–water partition coefficient (Wildman–Crippen LogP) is 2.62. The lowest BCUT2D eigenvalue weighted by Gasteiger charge is -2.16. The second-order valence-corrected chi connectivity index (χ2v) is 4.56. The number of halogens is 1. The lowest BCUT2D eigenvalue weighted by atomic mass is 10.2. The van der Waals surface area contributed by atoms with Crippen LogP contribution in [-0.4, -0.2) is 29.1 Å². The van der Waals surface area contributed by atoms with Gasteiger partial charge >= 0.3 is 0 Å². The summed E-state index contributed by atoms with van der Waals surface area (Å²) in [7, 11) is 0. The summed E-state index contributed by atoms with van der Waals surface area (Å²) in [5, 5.41) is 4.03. The van der Waals surface area contributed by atoms with E-state index in [1.165, 1.54) is 25.7 Å². The van der Waals surface area contributed by atoms with E-state index in [4.69, 9.17) is 16.1 Å². The molecule has 1 saturated heterocycles. The fourth-order valence-corrected chi connectivity index (χ4v) is 2.10. The average Bonchev–Trinajstić information content (AvgIpc) is 2.60. The Kier molecular flexibility index (Phi) is 4.45. The maximum absolute atomic E-state index is 5.63. The largest absolute Gasteiger partial charge is 0.338 e. The Labute approximate surface area is 101 Å². The first kappa shape index (κ1) is 11.7. The molecule has 1 aliphatic heterocycles. The Morgan fingerprint density at radius 2 is 1.94 bits per heavy atom. The summed E-state index contributed by atoms with van der Waals surface area (Å²) in [6.45, 7) is 2.10. The number of nitrogens with zero attached hydrogens (tertiary/aromatic N) is 3. The highest BCUT2D eigenvalue weighted by atomic mass is 35.5. The maximum Gasteiger partial charge on any atom is 0.266 e. The quantitative estimate of drug-likeness (QED) is 0.763. The predicted molar refractivity (Wildman–Crippen MR) is 64.0 cm³/mol. The van der Waals surface area contributed by atoms with Crippen molar-refractivity contribution in [2.24, 2.45) is 0 Å². The second-order valence-electron chi connectivity index (χ2n) is 4.18. The topological polar surface area (TPSA) is 42.2 Å². The number of hydrogen-bond donors (Lipinski definition) is 0. The van der Waals surface area contributed by atoms with Gasteiger partial charge in [0.2, 0.25) is 5.89 Å². The molecule has 0 saturated carbocycles. The van der Waals surface area contributed by atoms with Gasteiger partial charge in [0.25, 0.3) is 5.95 Å². The van der Waals surface area contributed by atoms with Gasteiger partial charge < -0.3 is 9.42 Å². The minimum absolute atomic E-state index is 0.640. The lowest BCUT2D eigenvalue weighted by Crippen LogP contribution is -2.24. The highest BCUT2D eigenvalue weighted by molar-refractivity contribution is 6.17. The van der Waals surface area contributed by atoms with Gasteiger partial charge in [0.15, 0.2) is 0 Å². The standard InChI is InChI=1S/C11H18ClN3O/c12-7-5-6-10-13-11(14-16-10)15-8-3-1-2-4-9-15/h1-9H2. The number of hydrogen-bond acceptors (Lipinski definition) is 4. The van der Waals surface area contributed by atoms with Crippen LogP contribution in [0.15, 0.2) is 4.52 Å². The molecule has 1 aromatic heterocycles. The van der Waals surface area contributed by atoms with Crippen LogP contribution in [0.5, 0.6) is 0 Å². The summed E-state index contributed by atoms with van der Waals surface area (Å²) in [4.78, 5) is 6.63. The minimum atomic E-state index is 0.640. The van der Waals surface area contributed by atoms with Crippen LogP contribution in [0.1, 0.15) is 38.0 Å². The summed E-state index contributed by atoms with van der Waals surface area (Å²) >= 11 is 5.63. The molecule has 0 aromatic carbocycles. The summed E-state index contributed by atoms with van der Waals surface area (Å²) in [5.41, 5.74) is 0. The zero-order valence-electron chi connectivity index (χ0n) is 9.49. The Morgan fingerprint density at radius 3 is 2.62 bits per heavy atom. The molecule has 2 rings (SSSR count). The van der Waals surface area contributed by atoms with Gasteiger partial charge in [-0.1, -0.05) is 12.8 Å². The number of aryl methyl sites for hydroxylation is 1. The summed E-state index contributed by atoms with van der Waals surface area (Å²) in [5.74, 6) is 2.10. The SMILES string of the molecule is ClCCCc1nc(N2CCCCCC2)no1. The van der Waals surface area contributed by atoms with E-state index in [0.717, 1.165) is 31.9 Å². The van der Waals surface area contributed by atoms with Crippen LogP contribution in [0.2, 0.25) is 0 Å². The van der Waals surface area contributed by atoms with Crippen molar-refractivity contribution < 1.29 is 4.52 Å². The normalized spacial score (nSPS) is 17.4. The van der Waals surface area contributed by atoms with E-state index in [1.807, 2.05) is 0 Å². The van der Waals surface area contributed by atoms with Crippen LogP contribution in [0, 0.1) is 0 Å². The average molecular weight is 244 g/mol. The Morgan fingerprint density at radius 1 is 1.19 bits per heavy atom. The molecule has 0 N–H and O–H groups in total. The summed E-state index contributed by atoms with van der Waals surface area (Å²) < 4.78 is 5.20. The van der Waals surface area contributed by atoms with E-state index >= 15 is 0 Å². The van der Waals surface area contributed by atoms with Crippen molar-refractivity contribution >= 4 is 17.5 Å². The molecule has 0 spiro atoms. The summed E-state index contributed by atoms with van der Waals surface area (Å²) in [6, 6.07) is 0. The van der Waals surface area contributed by atoms with Crippen molar-refractivity contribution in [3.05, 3.63) is 5.89 Å². The maximum atomic E-state index is 5.63. The first-order valence-electron chi connectivity index (χ1n) is 6.03. The first-order chi connectivity index (χ1) is 7.90. The van der Waals surface area contributed by atoms with Crippen molar-refractivity contribution in [2.75, 3.05) is 23.9 Å². The molecule has 1 aliphatic rings. The monoisotopic (exact) mass is 243 g/mol. The fraction of sp³-hybridized carbons (Fsp3) is 0.818. The molecular weight excluding hydrogens is 226 g/mol. The van der Waals surface area contributed by atoms with Gasteiger partial charge in [-0.15, -0.1) is 11.6 Å². The van der Waals surface area contributed by atoms with Gasteiger partial charge in [0.1, 0.15) is 0 Å². The molecule has 0 aliphatic carbocycles. The van der Waals surface area contributed by atoms with Crippen LogP contribution < -0.4 is 4.90 Å². The Bertz CT molecular complexity index is 308. The van der Waals surface area contributed by atoms with Crippen LogP contribution in [0.3, 0.4) is 0 Å². The highest BCUT2D eigenvalue weighted by Crippen LogP contribution is 2.16. The molecule has 16 heavy (non-hydrogen) atoms. The molecule has 0 amide bonds. The van der Waals surface area contributed by atoms with Gasteiger partial charge in [0.05, 0.1) is 0 Å². The number of alkyl halides is 1. The molecule has 5 heteroatoms. The van der Waals surface area contributed by atoms with Gasteiger partial charge in [-0.2, -0.15) is 4.98 Å². The molecule has 2 heterocycles. The Hall–Kier alpha value is -0.770. The molecule has 1 aromatic rings. The van der Waals surface area contributed by atoms with E-state index < -0.39 is 0 Å². The van der Waals surface area contributed by atoms with E-state index in [0.29, 0.717) is 11.8 Å². The van der Waals surface area contributed by atoms with Crippen molar-refractivity contribution in [3.8, 4) is 0 Å². The van der Waals surface area contributed by atoms with Crippen molar-refractivity contribution in [1.82, 2.24) is 10.1 Å². The molecule has 4 nitrogen and oxygen atoms in total. The number of anilines is 1. The van der Waals surface area contributed by atoms with Crippen LogP contribution in [-0.2, 0) is 6.42 Å². The summed E-state index contributed by atoms with van der Waals surface area (Å²) in [6.07, 6.45) is 6.76. The Balaban J connectivity index is 1.94. The smallest absolute Gasteiger partial charge is 0.266 e. The van der Waals surface area contributed by atoms with Crippen molar-refractivity contribution in [2.45, 2.75) is 38.5 Å². The zero-order chi connectivity index (χ0) is 11.2. The minimum Gasteiger partial charge on any atom is -0.338 e. The van der Waals surface area contributed by atoms with Gasteiger partial charge in [-0.25, -0.2) is 0 Å². The van der Waals surface area contributed by atoms with E-state index in [-0.39, 0.29) is 0 Å². The van der Waals surface area contributed by atoms with Crippen molar-refractivity contribution in [3.63, 3.8) is 0 Å². The third-order valence-corrected chi connectivity index (χ3v) is 3.14. The van der Waals surface area contributed by atoms with Crippen LogP contribution >= 0.6 is 11.6 Å². The molecule has 90 valence electrons. The van der Waals surface area contributed by atoms with Crippen LogP contribution in [0.25, 0.3) is 0 Å². The van der Waals surface area contributed by atoms with E-state index in [2.05, 4.69) is 15.0 Å². The molecule has 0 radical (unpaired) electrons. The third kappa shape index (κ3) is 3.11. The molecular formula is C11H18ClN3O. The zero-order valence-corrected chi connectivity index (χ0v) is 10.2. The third-order valence-electron chi connectivity index (χ3n) is 2.87. The fourth-order valence-electron chi connectivity index (χ4n) is 1.96. The highest BCUT2D eigenvalue weighted by Gasteiger charge is 2.15. The first-order valence-corrected chi connectivity index (χ1v) is 6.57.